The van der Waals surface area contributed by atoms with Gasteiger partial charge >= 0.3 is 0 Å². The lowest BCUT2D eigenvalue weighted by Crippen LogP contribution is -2.44. The molecule has 94 valence electrons. The number of carbonyl (C=O) groups is 1. The fourth-order valence-electron chi connectivity index (χ4n) is 1.66. The van der Waals surface area contributed by atoms with E-state index in [1.807, 2.05) is 26.8 Å². The van der Waals surface area contributed by atoms with E-state index in [9.17, 15) is 4.79 Å². The Labute approximate surface area is 98.5 Å². The molecule has 2 atom stereocenters. The van der Waals surface area contributed by atoms with Crippen molar-refractivity contribution < 1.29 is 4.79 Å². The van der Waals surface area contributed by atoms with Crippen molar-refractivity contribution in [1.29, 1.82) is 0 Å². The number of nitrogens with one attached hydrogen (secondary N) is 1. The maximum Gasteiger partial charge on any atom is 0.152 e. The highest BCUT2D eigenvalue weighted by Crippen LogP contribution is 2.08. The predicted molar refractivity (Wildman–Crippen MR) is 67.8 cm³/mol. The maximum absolute atomic E-state index is 11.5. The first-order valence-corrected chi connectivity index (χ1v) is 5.82. The Hall–Kier alpha value is -0.870. The van der Waals surface area contributed by atoms with E-state index in [-0.39, 0.29) is 23.8 Å². The number of hydrogen-bond donors (Lipinski definition) is 3. The average Bonchev–Trinajstić information content (AvgIpc) is 2.18. The number of nitrogens with two attached hydrogens (primary N) is 2. The van der Waals surface area contributed by atoms with Crippen LogP contribution in [0, 0.1) is 5.92 Å². The van der Waals surface area contributed by atoms with E-state index < -0.39 is 0 Å². The molecule has 0 radical (unpaired) electrons. The maximum atomic E-state index is 11.5. The van der Waals surface area contributed by atoms with Crippen molar-refractivity contribution in [1.82, 2.24) is 5.32 Å². The molecule has 0 saturated carbocycles. The topological polar surface area (TPSA) is 81.1 Å². The van der Waals surface area contributed by atoms with Crippen LogP contribution in [0.1, 0.15) is 34.1 Å². The Morgan fingerprint density at radius 1 is 1.44 bits per heavy atom. The van der Waals surface area contributed by atoms with Crippen LogP contribution in [0.4, 0.5) is 0 Å². The number of allylic oxidation sites excluding steroid dienone is 1. The average molecular weight is 227 g/mol. The van der Waals surface area contributed by atoms with Gasteiger partial charge in [0.25, 0.3) is 0 Å². The van der Waals surface area contributed by atoms with Gasteiger partial charge in [-0.25, -0.2) is 0 Å². The molecule has 0 amide bonds. The molecule has 0 aromatic rings. The molecular formula is C12H25N3O. The van der Waals surface area contributed by atoms with Gasteiger partial charge < -0.3 is 16.8 Å². The molecule has 0 heterocycles. The van der Waals surface area contributed by atoms with Gasteiger partial charge in [-0.15, -0.1) is 0 Å². The monoisotopic (exact) mass is 227 g/mol. The van der Waals surface area contributed by atoms with Crippen molar-refractivity contribution in [2.24, 2.45) is 17.4 Å². The quantitative estimate of drug-likeness (QED) is 0.600. The van der Waals surface area contributed by atoms with Crippen LogP contribution in [0.25, 0.3) is 0 Å². The smallest absolute Gasteiger partial charge is 0.152 e. The van der Waals surface area contributed by atoms with Gasteiger partial charge in [0.1, 0.15) is 0 Å². The number of ketones is 1. The van der Waals surface area contributed by atoms with Gasteiger partial charge in [-0.1, -0.05) is 19.9 Å². The molecule has 2 unspecified atom stereocenters. The summed E-state index contributed by atoms with van der Waals surface area (Å²) in [4.78, 5) is 11.5. The Kier molecular flexibility index (Phi) is 7.01. The molecular weight excluding hydrogens is 202 g/mol. The highest BCUT2D eigenvalue weighted by molar-refractivity contribution is 5.82. The van der Waals surface area contributed by atoms with Crippen LogP contribution in [0.3, 0.4) is 0 Å². The lowest BCUT2D eigenvalue weighted by atomic mass is 9.99. The molecule has 4 nitrogen and oxygen atoms in total. The van der Waals surface area contributed by atoms with Crippen molar-refractivity contribution in [3.8, 4) is 0 Å². The minimum absolute atomic E-state index is 0.115. The summed E-state index contributed by atoms with van der Waals surface area (Å²) >= 11 is 0. The first kappa shape index (κ1) is 15.1. The Morgan fingerprint density at radius 2 is 2.00 bits per heavy atom. The second-order valence-corrected chi connectivity index (χ2v) is 4.40. The Bertz CT molecular complexity index is 249. The molecule has 16 heavy (non-hydrogen) atoms. The third kappa shape index (κ3) is 4.77. The van der Waals surface area contributed by atoms with Gasteiger partial charge in [-0.05, 0) is 32.7 Å². The third-order valence-electron chi connectivity index (χ3n) is 2.61. The zero-order valence-corrected chi connectivity index (χ0v) is 10.8. The lowest BCUT2D eigenvalue weighted by Gasteiger charge is -2.25. The molecule has 0 aromatic carbocycles. The van der Waals surface area contributed by atoms with Crippen LogP contribution < -0.4 is 16.8 Å². The SMILES string of the molecule is CC=C(NC(C(C)=O)C(C)C)C(N)CCN. The molecule has 0 aliphatic carbocycles. The van der Waals surface area contributed by atoms with Gasteiger partial charge in [0, 0.05) is 11.7 Å². The molecule has 0 saturated heterocycles. The Balaban J connectivity index is 4.57. The summed E-state index contributed by atoms with van der Waals surface area (Å²) in [6.07, 6.45) is 2.63. The van der Waals surface area contributed by atoms with Crippen LogP contribution in [0.5, 0.6) is 0 Å². The summed E-state index contributed by atoms with van der Waals surface area (Å²) in [6, 6.07) is -0.286. The summed E-state index contributed by atoms with van der Waals surface area (Å²) in [6.45, 7) is 8.09. The molecule has 0 rings (SSSR count). The van der Waals surface area contributed by atoms with E-state index in [1.165, 1.54) is 0 Å². The highest BCUT2D eigenvalue weighted by atomic mass is 16.1. The largest absolute Gasteiger partial charge is 0.377 e. The van der Waals surface area contributed by atoms with Gasteiger partial charge in [0.15, 0.2) is 5.78 Å². The van der Waals surface area contributed by atoms with E-state index >= 15 is 0 Å². The van der Waals surface area contributed by atoms with Crippen molar-refractivity contribution in [3.63, 3.8) is 0 Å². The highest BCUT2D eigenvalue weighted by Gasteiger charge is 2.20. The Morgan fingerprint density at radius 3 is 2.31 bits per heavy atom. The van der Waals surface area contributed by atoms with Crippen LogP contribution >= 0.6 is 0 Å². The van der Waals surface area contributed by atoms with E-state index in [4.69, 9.17) is 11.5 Å². The van der Waals surface area contributed by atoms with Crippen LogP contribution in [0.2, 0.25) is 0 Å². The second kappa shape index (κ2) is 7.41. The van der Waals surface area contributed by atoms with E-state index in [0.717, 1.165) is 12.1 Å². The molecule has 0 bridgehead atoms. The number of carbonyl (C=O) groups excluding carboxylic acids is 1. The van der Waals surface area contributed by atoms with Crippen molar-refractivity contribution in [2.75, 3.05) is 6.54 Å². The molecule has 0 spiro atoms. The summed E-state index contributed by atoms with van der Waals surface area (Å²) in [5.74, 6) is 0.381. The van der Waals surface area contributed by atoms with Crippen molar-refractivity contribution >= 4 is 5.78 Å². The van der Waals surface area contributed by atoms with E-state index in [0.29, 0.717) is 6.54 Å². The number of Topliss-reactive ketones (excluding diaryl/α,β-unsaturated/α-hetero) is 1. The van der Waals surface area contributed by atoms with E-state index in [2.05, 4.69) is 5.32 Å². The number of hydrogen-bond acceptors (Lipinski definition) is 4. The fourth-order valence-corrected chi connectivity index (χ4v) is 1.66. The normalized spacial score (nSPS) is 16.1. The van der Waals surface area contributed by atoms with Crippen LogP contribution in [-0.4, -0.2) is 24.4 Å². The molecule has 0 aromatic heterocycles. The zero-order chi connectivity index (χ0) is 12.7. The first-order valence-electron chi connectivity index (χ1n) is 5.82. The summed E-state index contributed by atoms with van der Waals surface area (Å²) in [7, 11) is 0. The predicted octanol–water partition coefficient (Wildman–Crippen LogP) is 0.770. The molecule has 0 aliphatic heterocycles. The molecule has 0 fully saturated rings. The summed E-state index contributed by atoms with van der Waals surface area (Å²) in [5.41, 5.74) is 12.3. The minimum Gasteiger partial charge on any atom is -0.377 e. The van der Waals surface area contributed by atoms with Crippen molar-refractivity contribution in [3.05, 3.63) is 11.8 Å². The molecule has 5 N–H and O–H groups in total. The van der Waals surface area contributed by atoms with Gasteiger partial charge in [-0.3, -0.25) is 4.79 Å². The lowest BCUT2D eigenvalue weighted by molar-refractivity contribution is -0.119. The second-order valence-electron chi connectivity index (χ2n) is 4.40. The zero-order valence-electron chi connectivity index (χ0n) is 10.8. The fraction of sp³-hybridized carbons (Fsp3) is 0.750. The molecule has 0 aliphatic rings. The van der Waals surface area contributed by atoms with Crippen LogP contribution in [-0.2, 0) is 4.79 Å². The van der Waals surface area contributed by atoms with Gasteiger partial charge in [0.05, 0.1) is 6.04 Å². The van der Waals surface area contributed by atoms with E-state index in [1.54, 1.807) is 6.92 Å². The van der Waals surface area contributed by atoms with Crippen molar-refractivity contribution in [2.45, 2.75) is 46.2 Å². The summed E-state index contributed by atoms with van der Waals surface area (Å²) < 4.78 is 0. The summed E-state index contributed by atoms with van der Waals surface area (Å²) in [5, 5.41) is 3.22. The van der Waals surface area contributed by atoms with Gasteiger partial charge in [0.2, 0.25) is 0 Å². The minimum atomic E-state index is -0.171. The van der Waals surface area contributed by atoms with Gasteiger partial charge in [-0.2, -0.15) is 0 Å². The third-order valence-corrected chi connectivity index (χ3v) is 2.61. The number of rotatable bonds is 7. The van der Waals surface area contributed by atoms with Crippen LogP contribution in [0.15, 0.2) is 11.8 Å². The first-order chi connectivity index (χ1) is 7.43. The standard InChI is InChI=1S/C12H25N3O/c1-5-11(10(14)6-7-13)15-12(8(2)3)9(4)16/h5,8,10,12,15H,6-7,13-14H2,1-4H3. The molecule has 4 heteroatoms.